The molecule has 24 heavy (non-hydrogen) atoms. The van der Waals surface area contributed by atoms with Gasteiger partial charge in [0.2, 0.25) is 4.96 Å². The van der Waals surface area contributed by atoms with Crippen molar-refractivity contribution in [2.24, 2.45) is 0 Å². The highest BCUT2D eigenvalue weighted by molar-refractivity contribution is 8.00. The number of nitrogens with one attached hydrogen (secondary N) is 3. The first-order valence-electron chi connectivity index (χ1n) is 7.52. The van der Waals surface area contributed by atoms with Crippen LogP contribution in [0.15, 0.2) is 13.9 Å². The topological polar surface area (TPSA) is 121 Å². The van der Waals surface area contributed by atoms with Crippen molar-refractivity contribution >= 4 is 28.1 Å². The smallest absolute Gasteiger partial charge is 0.311 e. The normalized spacial score (nSPS) is 17.8. The molecule has 9 nitrogen and oxygen atoms in total. The molecular formula is C13H15N7O2S2. The van der Waals surface area contributed by atoms with Crippen molar-refractivity contribution in [3.8, 4) is 0 Å². The number of thioether (sulfide) groups is 1. The van der Waals surface area contributed by atoms with Gasteiger partial charge in [0.25, 0.3) is 5.56 Å². The van der Waals surface area contributed by atoms with Crippen molar-refractivity contribution in [1.29, 1.82) is 0 Å². The fourth-order valence-corrected chi connectivity index (χ4v) is 4.70. The van der Waals surface area contributed by atoms with Gasteiger partial charge in [-0.15, -0.1) is 15.3 Å². The number of hydrogen-bond acceptors (Lipinski definition) is 8. The molecule has 0 aliphatic carbocycles. The first-order chi connectivity index (χ1) is 11.6. The predicted octanol–water partition coefficient (Wildman–Crippen LogP) is 0.588. The number of nitrogens with zero attached hydrogens (tertiary/aromatic N) is 4. The molecule has 1 unspecified atom stereocenters. The van der Waals surface area contributed by atoms with Gasteiger partial charge in [0.15, 0.2) is 10.2 Å². The minimum absolute atomic E-state index is 0.198. The second-order valence-corrected chi connectivity index (χ2v) is 7.75. The molecule has 1 aliphatic rings. The Bertz CT molecular complexity index is 996. The average Bonchev–Trinajstić information content (AvgIpc) is 3.21. The van der Waals surface area contributed by atoms with Crippen LogP contribution < -0.4 is 16.6 Å². The molecule has 0 aromatic carbocycles. The Morgan fingerprint density at radius 2 is 2.21 bits per heavy atom. The van der Waals surface area contributed by atoms with E-state index in [2.05, 4.69) is 30.6 Å². The highest BCUT2D eigenvalue weighted by Crippen LogP contribution is 2.29. The quantitative estimate of drug-likeness (QED) is 0.579. The molecule has 0 saturated carbocycles. The van der Waals surface area contributed by atoms with Gasteiger partial charge in [-0.2, -0.15) is 4.52 Å². The third-order valence-corrected chi connectivity index (χ3v) is 6.02. The summed E-state index contributed by atoms with van der Waals surface area (Å²) < 4.78 is 2.59. The minimum atomic E-state index is -0.487. The number of rotatable bonds is 4. The fraction of sp³-hybridized carbons (Fsp3) is 0.462. The van der Waals surface area contributed by atoms with Gasteiger partial charge in [-0.05, 0) is 26.3 Å². The summed E-state index contributed by atoms with van der Waals surface area (Å²) in [5, 5.41) is 16.4. The molecule has 1 atom stereocenters. The number of hydrogen-bond donors (Lipinski definition) is 3. The third kappa shape index (κ3) is 2.78. The van der Waals surface area contributed by atoms with Crippen molar-refractivity contribution < 1.29 is 0 Å². The van der Waals surface area contributed by atoms with Crippen LogP contribution in [0, 0.1) is 6.92 Å². The largest absolute Gasteiger partial charge is 0.325 e. The Balaban J connectivity index is 1.57. The summed E-state index contributed by atoms with van der Waals surface area (Å²) in [6.45, 7) is 2.70. The molecule has 126 valence electrons. The molecule has 0 bridgehead atoms. The Morgan fingerprint density at radius 3 is 2.96 bits per heavy atom. The van der Waals surface area contributed by atoms with Gasteiger partial charge in [-0.1, -0.05) is 23.1 Å². The maximum atomic E-state index is 11.9. The van der Waals surface area contributed by atoms with Gasteiger partial charge in [-0.25, -0.2) is 4.79 Å². The zero-order chi connectivity index (χ0) is 16.7. The summed E-state index contributed by atoms with van der Waals surface area (Å²) in [6.07, 6.45) is 2.16. The van der Waals surface area contributed by atoms with Crippen LogP contribution in [0.25, 0.3) is 4.96 Å². The predicted molar refractivity (Wildman–Crippen MR) is 90.6 cm³/mol. The Kier molecular flexibility index (Phi) is 3.98. The molecule has 0 amide bonds. The van der Waals surface area contributed by atoms with E-state index in [-0.39, 0.29) is 11.6 Å². The van der Waals surface area contributed by atoms with Crippen LogP contribution in [0.2, 0.25) is 0 Å². The number of aryl methyl sites for hydroxylation is 1. The summed E-state index contributed by atoms with van der Waals surface area (Å²) in [7, 11) is 0. The molecule has 1 fully saturated rings. The van der Waals surface area contributed by atoms with Crippen LogP contribution in [0.1, 0.15) is 36.0 Å². The summed E-state index contributed by atoms with van der Waals surface area (Å²) in [6, 6.07) is 0.198. The molecule has 4 rings (SSSR count). The Hall–Kier alpha value is -1.98. The summed E-state index contributed by atoms with van der Waals surface area (Å²) in [5.41, 5.74) is 0.277. The van der Waals surface area contributed by atoms with Crippen molar-refractivity contribution in [2.45, 2.75) is 35.9 Å². The number of aromatic amines is 2. The van der Waals surface area contributed by atoms with E-state index in [1.54, 1.807) is 11.4 Å². The molecular weight excluding hydrogens is 350 g/mol. The van der Waals surface area contributed by atoms with Gasteiger partial charge < -0.3 is 10.3 Å². The maximum Gasteiger partial charge on any atom is 0.325 e. The lowest BCUT2D eigenvalue weighted by Crippen LogP contribution is -2.26. The van der Waals surface area contributed by atoms with Gasteiger partial charge in [0.05, 0.1) is 6.04 Å². The van der Waals surface area contributed by atoms with Crippen molar-refractivity contribution in [3.05, 3.63) is 37.9 Å². The molecule has 1 saturated heterocycles. The van der Waals surface area contributed by atoms with E-state index in [1.165, 1.54) is 23.1 Å². The number of H-pyrrole nitrogens is 2. The highest BCUT2D eigenvalue weighted by Gasteiger charge is 2.23. The minimum Gasteiger partial charge on any atom is -0.311 e. The number of aromatic nitrogens is 6. The standard InChI is InChI=1S/C13H15N7O2S2/c1-6-7(10(21)16-11(22)15-6)5-23-13-19-20-9(8-3-2-4-14-8)17-18-12(20)24-13/h8,14H,2-5H2,1H3,(H2,15,16,21,22). The van der Waals surface area contributed by atoms with E-state index in [1.807, 2.05) is 0 Å². The van der Waals surface area contributed by atoms with Crippen LogP contribution in [0.3, 0.4) is 0 Å². The lowest BCUT2D eigenvalue weighted by atomic mass is 10.2. The molecule has 11 heteroatoms. The molecule has 4 heterocycles. The first-order valence-corrected chi connectivity index (χ1v) is 9.32. The van der Waals surface area contributed by atoms with Crippen molar-refractivity contribution in [3.63, 3.8) is 0 Å². The lowest BCUT2D eigenvalue weighted by molar-refractivity contribution is 0.582. The highest BCUT2D eigenvalue weighted by atomic mass is 32.2. The molecule has 3 aromatic heterocycles. The van der Waals surface area contributed by atoms with Crippen LogP contribution in [0.5, 0.6) is 0 Å². The van der Waals surface area contributed by atoms with E-state index >= 15 is 0 Å². The first kappa shape index (κ1) is 15.5. The molecule has 3 aromatic rings. The van der Waals surface area contributed by atoms with Crippen molar-refractivity contribution in [2.75, 3.05) is 6.54 Å². The van der Waals surface area contributed by atoms with E-state index in [4.69, 9.17) is 0 Å². The summed E-state index contributed by atoms with van der Waals surface area (Å²) >= 11 is 2.89. The Morgan fingerprint density at radius 1 is 1.33 bits per heavy atom. The Labute approximate surface area is 143 Å². The second-order valence-electron chi connectivity index (χ2n) is 5.57. The molecule has 1 aliphatic heterocycles. The average molecular weight is 365 g/mol. The zero-order valence-electron chi connectivity index (χ0n) is 12.8. The van der Waals surface area contributed by atoms with Crippen LogP contribution >= 0.6 is 23.1 Å². The van der Waals surface area contributed by atoms with Gasteiger partial charge in [0.1, 0.15) is 0 Å². The summed E-state index contributed by atoms with van der Waals surface area (Å²) in [5.74, 6) is 1.27. The SMILES string of the molecule is Cc1[nH]c(=O)[nH]c(=O)c1CSc1nn2c(C3CCCN3)nnc2s1. The fourth-order valence-electron chi connectivity index (χ4n) is 2.73. The third-order valence-electron chi connectivity index (χ3n) is 3.96. The van der Waals surface area contributed by atoms with Crippen LogP contribution in [0.4, 0.5) is 0 Å². The molecule has 0 spiro atoms. The zero-order valence-corrected chi connectivity index (χ0v) is 14.5. The van der Waals surface area contributed by atoms with E-state index in [0.717, 1.165) is 34.5 Å². The van der Waals surface area contributed by atoms with E-state index < -0.39 is 5.69 Å². The monoisotopic (exact) mass is 365 g/mol. The van der Waals surface area contributed by atoms with E-state index in [9.17, 15) is 9.59 Å². The lowest BCUT2D eigenvalue weighted by Gasteiger charge is -2.05. The second kappa shape index (κ2) is 6.15. The summed E-state index contributed by atoms with van der Waals surface area (Å²) in [4.78, 5) is 28.7. The van der Waals surface area contributed by atoms with Gasteiger partial charge >= 0.3 is 5.69 Å². The van der Waals surface area contributed by atoms with Gasteiger partial charge in [-0.3, -0.25) is 9.78 Å². The van der Waals surface area contributed by atoms with Crippen molar-refractivity contribution in [1.82, 2.24) is 35.1 Å². The van der Waals surface area contributed by atoms with E-state index in [0.29, 0.717) is 17.0 Å². The number of fused-ring (bicyclic) bond motifs is 1. The molecule has 3 N–H and O–H groups in total. The van der Waals surface area contributed by atoms with Gasteiger partial charge in [0, 0.05) is 17.0 Å². The van der Waals surface area contributed by atoms with Crippen LogP contribution in [-0.4, -0.2) is 36.3 Å². The van der Waals surface area contributed by atoms with Crippen LogP contribution in [-0.2, 0) is 5.75 Å². The molecule has 0 radical (unpaired) electrons. The maximum absolute atomic E-state index is 11.9.